The van der Waals surface area contributed by atoms with E-state index in [1.54, 1.807) is 35.5 Å². The minimum absolute atomic E-state index is 0.283. The Balaban J connectivity index is 1.63. The zero-order chi connectivity index (χ0) is 32.9. The molecule has 0 fully saturated rings. The highest BCUT2D eigenvalue weighted by Crippen LogP contribution is 2.55. The normalized spacial score (nSPS) is 12.5. The summed E-state index contributed by atoms with van der Waals surface area (Å²) in [7, 11) is 8.28. The minimum atomic E-state index is -0.621. The Bertz CT molecular complexity index is 1870. The first-order chi connectivity index (χ1) is 22.1. The van der Waals surface area contributed by atoms with Gasteiger partial charge in [0.15, 0.2) is 34.5 Å². The predicted octanol–water partition coefficient (Wildman–Crippen LogP) is 8.44. The summed E-state index contributed by atoms with van der Waals surface area (Å²) in [6, 6.07) is 14.7. The molecule has 0 atom stereocenters. The van der Waals surface area contributed by atoms with Crippen molar-refractivity contribution in [3.05, 3.63) is 70.3 Å². The van der Waals surface area contributed by atoms with E-state index < -0.39 is 5.41 Å². The standard InChI is InChI=1S/C39H42O7/c1-10-21-14-31(41-5)34(44-8)18-24(21)27-17-28-25-19-36(46-38(40)39(3,4)11-2)33(43-7)15-22(25)12-29(28)37-26-20-35(45-9)32(42-6)16-23(26)13-30(27)37/h14-20H,10-13H2,1-9H3. The maximum atomic E-state index is 13.2. The van der Waals surface area contributed by atoms with Crippen molar-refractivity contribution in [1.82, 2.24) is 0 Å². The van der Waals surface area contributed by atoms with E-state index in [1.165, 1.54) is 22.3 Å². The van der Waals surface area contributed by atoms with Gasteiger partial charge in [-0.25, -0.2) is 0 Å². The van der Waals surface area contributed by atoms with Gasteiger partial charge in [-0.15, -0.1) is 0 Å². The lowest BCUT2D eigenvalue weighted by Crippen LogP contribution is -2.28. The van der Waals surface area contributed by atoms with Crippen LogP contribution < -0.4 is 28.4 Å². The van der Waals surface area contributed by atoms with Crippen LogP contribution >= 0.6 is 0 Å². The predicted molar refractivity (Wildman–Crippen MR) is 180 cm³/mol. The zero-order valence-corrected chi connectivity index (χ0v) is 28.2. The first kappa shape index (κ1) is 31.3. The summed E-state index contributed by atoms with van der Waals surface area (Å²) in [4.78, 5) is 13.2. The van der Waals surface area contributed by atoms with E-state index in [0.717, 1.165) is 58.2 Å². The van der Waals surface area contributed by atoms with Gasteiger partial charge in [-0.2, -0.15) is 0 Å². The quantitative estimate of drug-likeness (QED) is 0.112. The molecule has 7 heteroatoms. The summed E-state index contributed by atoms with van der Waals surface area (Å²) >= 11 is 0. The smallest absolute Gasteiger partial charge is 0.317 e. The molecule has 7 nitrogen and oxygen atoms in total. The lowest BCUT2D eigenvalue weighted by atomic mass is 9.86. The Morgan fingerprint density at radius 3 is 1.59 bits per heavy atom. The van der Waals surface area contributed by atoms with Crippen LogP contribution in [0, 0.1) is 5.41 Å². The molecule has 0 aromatic heterocycles. The second-order valence-electron chi connectivity index (χ2n) is 12.5. The fourth-order valence-electron chi connectivity index (χ4n) is 6.71. The number of benzene rings is 4. The maximum absolute atomic E-state index is 13.2. The fourth-order valence-corrected chi connectivity index (χ4v) is 6.71. The molecule has 46 heavy (non-hydrogen) atoms. The number of fused-ring (bicyclic) bond motifs is 7. The molecular formula is C39H42O7. The molecule has 0 spiro atoms. The van der Waals surface area contributed by atoms with E-state index >= 15 is 0 Å². The number of methoxy groups -OCH3 is 5. The van der Waals surface area contributed by atoms with E-state index in [-0.39, 0.29) is 5.97 Å². The van der Waals surface area contributed by atoms with Crippen LogP contribution in [0.15, 0.2) is 42.5 Å². The molecule has 6 rings (SSSR count). The summed E-state index contributed by atoms with van der Waals surface area (Å²) in [5.74, 6) is 3.48. The largest absolute Gasteiger partial charge is 0.493 e. The van der Waals surface area contributed by atoms with Crippen molar-refractivity contribution in [3.8, 4) is 67.9 Å². The second-order valence-corrected chi connectivity index (χ2v) is 12.5. The summed E-state index contributed by atoms with van der Waals surface area (Å²) in [6.07, 6.45) is 2.95. The average Bonchev–Trinajstić information content (AvgIpc) is 3.63. The van der Waals surface area contributed by atoms with Gasteiger partial charge in [0.2, 0.25) is 0 Å². The van der Waals surface area contributed by atoms with Crippen molar-refractivity contribution in [2.24, 2.45) is 5.41 Å². The first-order valence-corrected chi connectivity index (χ1v) is 15.8. The molecule has 240 valence electrons. The third-order valence-corrected chi connectivity index (χ3v) is 9.75. The Kier molecular flexibility index (Phi) is 8.13. The summed E-state index contributed by atoms with van der Waals surface area (Å²) in [6.45, 7) is 7.94. The van der Waals surface area contributed by atoms with Crippen LogP contribution in [0.1, 0.15) is 61.9 Å². The number of ether oxygens (including phenoxy) is 6. The number of hydrogen-bond acceptors (Lipinski definition) is 7. The lowest BCUT2D eigenvalue weighted by molar-refractivity contribution is -0.144. The summed E-state index contributed by atoms with van der Waals surface area (Å²) < 4.78 is 34.7. The summed E-state index contributed by atoms with van der Waals surface area (Å²) in [5.41, 5.74) is 12.1. The van der Waals surface area contributed by atoms with Gasteiger partial charge in [-0.1, -0.05) is 13.8 Å². The fraction of sp³-hybridized carbons (Fsp3) is 0.359. The average molecular weight is 623 g/mol. The highest BCUT2D eigenvalue weighted by molar-refractivity contribution is 5.97. The van der Waals surface area contributed by atoms with Crippen molar-refractivity contribution in [3.63, 3.8) is 0 Å². The molecular weight excluding hydrogens is 580 g/mol. The topological polar surface area (TPSA) is 72.5 Å². The monoisotopic (exact) mass is 622 g/mol. The van der Waals surface area contributed by atoms with Gasteiger partial charge in [0.1, 0.15) is 0 Å². The molecule has 0 radical (unpaired) electrons. The third-order valence-electron chi connectivity index (χ3n) is 9.75. The van der Waals surface area contributed by atoms with E-state index in [1.807, 2.05) is 32.9 Å². The number of esters is 1. The molecule has 2 aliphatic carbocycles. The minimum Gasteiger partial charge on any atom is -0.493 e. The van der Waals surface area contributed by atoms with Gasteiger partial charge in [-0.3, -0.25) is 4.79 Å². The van der Waals surface area contributed by atoms with Gasteiger partial charge in [0.25, 0.3) is 0 Å². The van der Waals surface area contributed by atoms with Crippen LogP contribution in [0.4, 0.5) is 0 Å². The molecule has 0 unspecified atom stereocenters. The lowest BCUT2D eigenvalue weighted by Gasteiger charge is -2.21. The van der Waals surface area contributed by atoms with Gasteiger partial charge in [-0.05, 0) is 143 Å². The number of rotatable bonds is 10. The molecule has 0 N–H and O–H groups in total. The number of carbonyl (C=O) groups excluding carboxylic acids is 1. The van der Waals surface area contributed by atoms with Crippen LogP contribution in [0.25, 0.3) is 33.4 Å². The molecule has 0 amide bonds. The van der Waals surface area contributed by atoms with Crippen molar-refractivity contribution < 1.29 is 33.2 Å². The molecule has 0 aliphatic heterocycles. The Hall–Kier alpha value is -4.65. The second kappa shape index (κ2) is 11.9. The molecule has 0 heterocycles. The van der Waals surface area contributed by atoms with E-state index in [2.05, 4.69) is 37.3 Å². The van der Waals surface area contributed by atoms with Crippen LogP contribution in [0.5, 0.6) is 34.5 Å². The van der Waals surface area contributed by atoms with E-state index in [9.17, 15) is 4.79 Å². The maximum Gasteiger partial charge on any atom is 0.317 e. The highest BCUT2D eigenvalue weighted by Gasteiger charge is 2.35. The Morgan fingerprint density at radius 1 is 0.587 bits per heavy atom. The molecule has 0 bridgehead atoms. The zero-order valence-electron chi connectivity index (χ0n) is 28.2. The summed E-state index contributed by atoms with van der Waals surface area (Å²) in [5, 5.41) is 0. The van der Waals surface area contributed by atoms with Crippen LogP contribution in [0.3, 0.4) is 0 Å². The van der Waals surface area contributed by atoms with Crippen molar-refractivity contribution in [2.45, 2.75) is 53.4 Å². The van der Waals surface area contributed by atoms with Crippen molar-refractivity contribution in [2.75, 3.05) is 35.5 Å². The SMILES string of the molecule is CCc1cc(OC)c(OC)cc1-c1cc2c(c3c1Cc1cc(OC)c(OC)cc1-3)Cc1cc(OC)c(OC(=O)C(C)(C)CC)cc1-2. The Morgan fingerprint density at radius 2 is 1.04 bits per heavy atom. The van der Waals surface area contributed by atoms with Crippen LogP contribution in [-0.4, -0.2) is 41.5 Å². The Labute approximate surface area is 271 Å². The van der Waals surface area contributed by atoms with Crippen LogP contribution in [0.2, 0.25) is 0 Å². The highest BCUT2D eigenvalue weighted by atomic mass is 16.6. The first-order valence-electron chi connectivity index (χ1n) is 15.8. The number of hydrogen-bond donors (Lipinski definition) is 0. The molecule has 4 aromatic carbocycles. The van der Waals surface area contributed by atoms with E-state index in [0.29, 0.717) is 40.9 Å². The molecule has 2 aliphatic rings. The molecule has 0 saturated heterocycles. The van der Waals surface area contributed by atoms with Gasteiger partial charge in [0, 0.05) is 0 Å². The number of carbonyl (C=O) groups is 1. The van der Waals surface area contributed by atoms with Crippen molar-refractivity contribution >= 4 is 5.97 Å². The van der Waals surface area contributed by atoms with Gasteiger partial charge in [0.05, 0.1) is 41.0 Å². The number of aryl methyl sites for hydroxylation is 1. The van der Waals surface area contributed by atoms with Crippen LogP contribution in [-0.2, 0) is 24.1 Å². The van der Waals surface area contributed by atoms with Gasteiger partial charge < -0.3 is 28.4 Å². The molecule has 0 saturated carbocycles. The third kappa shape index (κ3) is 4.93. The van der Waals surface area contributed by atoms with Crippen molar-refractivity contribution in [1.29, 1.82) is 0 Å². The molecule has 4 aromatic rings. The van der Waals surface area contributed by atoms with Gasteiger partial charge >= 0.3 is 5.97 Å². The van der Waals surface area contributed by atoms with E-state index in [4.69, 9.17) is 28.4 Å².